The fraction of sp³-hybridized carbons (Fsp3) is 0.519. The number of benzene rings is 1. The van der Waals surface area contributed by atoms with Crippen LogP contribution >= 0.6 is 43.5 Å². The Morgan fingerprint density at radius 1 is 1.08 bits per heavy atom. The van der Waals surface area contributed by atoms with Crippen molar-refractivity contribution in [3.8, 4) is 0 Å². The van der Waals surface area contributed by atoms with Crippen LogP contribution in [-0.4, -0.2) is 52.3 Å². The Morgan fingerprint density at radius 2 is 1.81 bits per heavy atom. The molecule has 2 aliphatic carbocycles. The van der Waals surface area contributed by atoms with E-state index in [9.17, 15) is 14.7 Å². The van der Waals surface area contributed by atoms with E-state index < -0.39 is 18.3 Å². The van der Waals surface area contributed by atoms with Crippen molar-refractivity contribution in [1.82, 2.24) is 9.88 Å². The number of hydrogen-bond acceptors (Lipinski definition) is 5. The summed E-state index contributed by atoms with van der Waals surface area (Å²) in [6, 6.07) is 6.23. The van der Waals surface area contributed by atoms with Gasteiger partial charge >= 0.3 is 6.09 Å². The van der Waals surface area contributed by atoms with Gasteiger partial charge in [-0.1, -0.05) is 27.5 Å². The molecule has 3 unspecified atom stereocenters. The molecule has 1 aromatic carbocycles. The van der Waals surface area contributed by atoms with Crippen LogP contribution in [0.2, 0.25) is 5.02 Å². The first kappa shape index (κ1) is 26.9. The van der Waals surface area contributed by atoms with E-state index in [2.05, 4.69) is 44.0 Å². The fourth-order valence-corrected chi connectivity index (χ4v) is 7.85. The molecule has 10 heteroatoms. The third kappa shape index (κ3) is 5.70. The van der Waals surface area contributed by atoms with E-state index in [1.54, 1.807) is 0 Å². The van der Waals surface area contributed by atoms with Gasteiger partial charge in [0.05, 0.1) is 11.8 Å². The third-order valence-corrected chi connectivity index (χ3v) is 9.42. The molecule has 0 spiro atoms. The molecule has 1 aromatic heterocycles. The molecular formula is C27H30Br2ClN3O4. The second-order valence-electron chi connectivity index (χ2n) is 10.4. The zero-order valence-corrected chi connectivity index (χ0v) is 24.3. The van der Waals surface area contributed by atoms with Gasteiger partial charge < -0.3 is 20.5 Å². The summed E-state index contributed by atoms with van der Waals surface area (Å²) in [6.07, 6.45) is 4.26. The number of carbonyl (C=O) groups is 2. The molecule has 2 fully saturated rings. The summed E-state index contributed by atoms with van der Waals surface area (Å²) < 4.78 is 7.06. The van der Waals surface area contributed by atoms with Gasteiger partial charge in [0.25, 0.3) is 0 Å². The number of aliphatic hydroxyl groups is 1. The quantitative estimate of drug-likeness (QED) is 0.464. The number of nitrogens with two attached hydrogens (primary N) is 1. The summed E-state index contributed by atoms with van der Waals surface area (Å²) in [4.78, 5) is 31.4. The monoisotopic (exact) mass is 653 g/mol. The predicted molar refractivity (Wildman–Crippen MR) is 147 cm³/mol. The van der Waals surface area contributed by atoms with Crippen molar-refractivity contribution in [2.24, 2.45) is 17.6 Å². The van der Waals surface area contributed by atoms with Gasteiger partial charge in [-0.15, -0.1) is 0 Å². The van der Waals surface area contributed by atoms with Crippen molar-refractivity contribution in [2.45, 2.75) is 63.1 Å². The number of rotatable bonds is 3. The third-order valence-electron chi connectivity index (χ3n) is 8.11. The largest absolute Gasteiger partial charge is 0.444 e. The number of carbonyl (C=O) groups excluding carboxylic acids is 2. The Morgan fingerprint density at radius 3 is 2.54 bits per heavy atom. The number of hydrogen-bond donors (Lipinski definition) is 2. The van der Waals surface area contributed by atoms with Crippen LogP contribution in [0, 0.1) is 11.8 Å². The summed E-state index contributed by atoms with van der Waals surface area (Å²) in [5, 5.41) is 10.9. The number of nitrogens with zero attached hydrogens (tertiary/aromatic N) is 2. The van der Waals surface area contributed by atoms with Crippen LogP contribution in [0.4, 0.5) is 4.79 Å². The predicted octanol–water partition coefficient (Wildman–Crippen LogP) is 5.35. The first-order chi connectivity index (χ1) is 17.7. The SMILES string of the molecule is NC(=O)OC1CC(C(=O)N2CCC([C@H]3c4ncc(Br)cc4CCc4cc(Cl)cc(Br)c43)CC2)CCC1O. The molecule has 37 heavy (non-hydrogen) atoms. The lowest BCUT2D eigenvalue weighted by Gasteiger charge is -2.40. The fourth-order valence-electron chi connectivity index (χ4n) is 6.35. The van der Waals surface area contributed by atoms with Gasteiger partial charge in [-0.05, 0) is 102 Å². The Bertz CT molecular complexity index is 1200. The highest BCUT2D eigenvalue weighted by Crippen LogP contribution is 2.46. The first-order valence-electron chi connectivity index (χ1n) is 12.8. The highest BCUT2D eigenvalue weighted by atomic mass is 79.9. The second kappa shape index (κ2) is 11.2. The highest BCUT2D eigenvalue weighted by Gasteiger charge is 2.40. The smallest absolute Gasteiger partial charge is 0.404 e. The van der Waals surface area contributed by atoms with Crippen molar-refractivity contribution in [1.29, 1.82) is 0 Å². The van der Waals surface area contributed by atoms with Crippen LogP contribution in [-0.2, 0) is 22.4 Å². The van der Waals surface area contributed by atoms with E-state index in [0.717, 1.165) is 45.3 Å². The zero-order valence-electron chi connectivity index (χ0n) is 20.3. The maximum Gasteiger partial charge on any atom is 0.404 e. The summed E-state index contributed by atoms with van der Waals surface area (Å²) in [5.74, 6) is 0.228. The number of halogens is 3. The molecule has 0 bridgehead atoms. The minimum absolute atomic E-state index is 0.0695. The topological polar surface area (TPSA) is 106 Å². The Hall–Kier alpha value is -1.68. The Kier molecular flexibility index (Phi) is 8.15. The Labute approximate surface area is 238 Å². The lowest BCUT2D eigenvalue weighted by Crippen LogP contribution is -2.47. The molecule has 198 valence electrons. The second-order valence-corrected chi connectivity index (χ2v) is 12.6. The van der Waals surface area contributed by atoms with Crippen LogP contribution < -0.4 is 5.73 Å². The number of ether oxygens (including phenoxy) is 1. The summed E-state index contributed by atoms with van der Waals surface area (Å²) in [5.41, 5.74) is 10.0. The average molecular weight is 656 g/mol. The minimum Gasteiger partial charge on any atom is -0.444 e. The first-order valence-corrected chi connectivity index (χ1v) is 14.7. The number of piperidine rings is 1. The molecule has 2 amide bonds. The molecule has 2 aromatic rings. The molecule has 2 heterocycles. The number of likely N-dealkylation sites (tertiary alicyclic amines) is 1. The summed E-state index contributed by atoms with van der Waals surface area (Å²) in [7, 11) is 0. The number of aromatic nitrogens is 1. The number of aliphatic hydroxyl groups excluding tert-OH is 1. The van der Waals surface area contributed by atoms with Crippen LogP contribution in [0.25, 0.3) is 0 Å². The highest BCUT2D eigenvalue weighted by molar-refractivity contribution is 9.10. The average Bonchev–Trinajstić information content (AvgIpc) is 3.01. The van der Waals surface area contributed by atoms with Gasteiger partial charge in [0.2, 0.25) is 5.91 Å². The lowest BCUT2D eigenvalue weighted by molar-refractivity contribution is -0.141. The standard InChI is InChI=1S/C27H30Br2ClN3O4/c28-18-9-16-2-1-15-10-19(30)12-20(29)23(15)24(25(16)32-13-18)14-5-7-33(8-6-14)26(35)17-3-4-21(34)22(11-17)37-27(31)36/h9-10,12-14,17,21-22,24,34H,1-8,11H2,(H2,31,36)/t17?,21?,22?,24-/m1/s1. The molecule has 1 saturated heterocycles. The molecule has 3 N–H and O–H groups in total. The van der Waals surface area contributed by atoms with Gasteiger partial charge in [0.15, 0.2) is 0 Å². The van der Waals surface area contributed by atoms with E-state index in [4.69, 9.17) is 27.1 Å². The molecular weight excluding hydrogens is 626 g/mol. The van der Waals surface area contributed by atoms with E-state index in [0.29, 0.717) is 38.3 Å². The number of aryl methyl sites for hydroxylation is 2. The van der Waals surface area contributed by atoms with E-state index >= 15 is 0 Å². The maximum absolute atomic E-state index is 13.4. The number of primary amides is 1. The molecule has 1 aliphatic heterocycles. The van der Waals surface area contributed by atoms with Gasteiger partial charge in [-0.3, -0.25) is 9.78 Å². The van der Waals surface area contributed by atoms with E-state index in [-0.39, 0.29) is 17.7 Å². The van der Waals surface area contributed by atoms with Crippen molar-refractivity contribution < 1.29 is 19.4 Å². The van der Waals surface area contributed by atoms with Crippen LogP contribution in [0.1, 0.15) is 60.4 Å². The van der Waals surface area contributed by atoms with Crippen molar-refractivity contribution in [2.75, 3.05) is 13.1 Å². The molecule has 4 atom stereocenters. The van der Waals surface area contributed by atoms with Crippen molar-refractivity contribution in [3.63, 3.8) is 0 Å². The lowest BCUT2D eigenvalue weighted by atomic mass is 9.76. The maximum atomic E-state index is 13.4. The molecule has 7 nitrogen and oxygen atoms in total. The van der Waals surface area contributed by atoms with Gasteiger partial charge in [-0.2, -0.15) is 0 Å². The normalized spacial score (nSPS) is 26.1. The van der Waals surface area contributed by atoms with Crippen LogP contribution in [0.5, 0.6) is 0 Å². The molecule has 5 rings (SSSR count). The van der Waals surface area contributed by atoms with Crippen molar-refractivity contribution >= 4 is 55.5 Å². The number of fused-ring (bicyclic) bond motifs is 2. The van der Waals surface area contributed by atoms with Crippen LogP contribution in [0.15, 0.2) is 33.3 Å². The minimum atomic E-state index is -0.921. The number of amides is 2. The van der Waals surface area contributed by atoms with Gasteiger partial charge in [0.1, 0.15) is 6.10 Å². The molecule has 3 aliphatic rings. The summed E-state index contributed by atoms with van der Waals surface area (Å²) >= 11 is 13.8. The zero-order chi connectivity index (χ0) is 26.3. The van der Waals surface area contributed by atoms with E-state index in [1.807, 2.05) is 17.2 Å². The molecule has 1 saturated carbocycles. The van der Waals surface area contributed by atoms with Crippen molar-refractivity contribution in [3.05, 3.63) is 60.7 Å². The summed E-state index contributed by atoms with van der Waals surface area (Å²) in [6.45, 7) is 1.32. The molecule has 0 radical (unpaired) electrons. The van der Waals surface area contributed by atoms with Crippen LogP contribution in [0.3, 0.4) is 0 Å². The van der Waals surface area contributed by atoms with Gasteiger partial charge in [0, 0.05) is 45.1 Å². The Balaban J connectivity index is 1.35. The number of pyridine rings is 1. The van der Waals surface area contributed by atoms with Gasteiger partial charge in [-0.25, -0.2) is 4.79 Å². The van der Waals surface area contributed by atoms with E-state index in [1.165, 1.54) is 16.7 Å².